The number of aromatic nitrogens is 5. The van der Waals surface area contributed by atoms with Crippen molar-refractivity contribution >= 4 is 16.9 Å². The van der Waals surface area contributed by atoms with Crippen molar-refractivity contribution in [3.8, 4) is 5.88 Å². The van der Waals surface area contributed by atoms with Crippen LogP contribution in [0, 0.1) is 13.8 Å². The maximum Gasteiger partial charge on any atom is 0.242 e. The van der Waals surface area contributed by atoms with Gasteiger partial charge in [0.15, 0.2) is 11.5 Å². The van der Waals surface area contributed by atoms with Crippen molar-refractivity contribution < 1.29 is 14.1 Å². The van der Waals surface area contributed by atoms with Gasteiger partial charge >= 0.3 is 0 Å². The van der Waals surface area contributed by atoms with Gasteiger partial charge in [-0.1, -0.05) is 25.9 Å². The molecule has 31 heavy (non-hydrogen) atoms. The number of amides is 1. The molecular weight excluding hydrogens is 396 g/mol. The number of methoxy groups -OCH3 is 1. The van der Waals surface area contributed by atoms with E-state index < -0.39 is 5.54 Å². The zero-order valence-corrected chi connectivity index (χ0v) is 19.9. The highest BCUT2D eigenvalue weighted by Crippen LogP contribution is 2.30. The summed E-state index contributed by atoms with van der Waals surface area (Å²) in [6.07, 6.45) is 0.866. The molecule has 0 aromatic carbocycles. The molecule has 3 heterocycles. The van der Waals surface area contributed by atoms with E-state index in [1.54, 1.807) is 11.8 Å². The van der Waals surface area contributed by atoms with Crippen molar-refractivity contribution in [1.82, 2.24) is 30.2 Å². The Kier molecular flexibility index (Phi) is 5.82. The molecule has 3 rings (SSSR count). The number of ether oxygens (including phenoxy) is 1. The minimum Gasteiger partial charge on any atom is -0.479 e. The average molecular weight is 429 g/mol. The zero-order chi connectivity index (χ0) is 23.1. The second-order valence-corrected chi connectivity index (χ2v) is 9.48. The highest BCUT2D eigenvalue weighted by Gasteiger charge is 2.31. The first-order valence-electron chi connectivity index (χ1n) is 10.4. The van der Waals surface area contributed by atoms with Crippen LogP contribution in [-0.4, -0.2) is 37.9 Å². The normalized spacial score (nSPS) is 12.4. The van der Waals surface area contributed by atoms with E-state index in [1.807, 2.05) is 55.5 Å². The molecule has 3 aromatic rings. The van der Waals surface area contributed by atoms with E-state index in [1.165, 1.54) is 0 Å². The lowest BCUT2D eigenvalue weighted by molar-refractivity contribution is -0.122. The predicted molar refractivity (Wildman–Crippen MR) is 117 cm³/mol. The van der Waals surface area contributed by atoms with Crippen molar-refractivity contribution in [2.24, 2.45) is 7.05 Å². The third-order valence-corrected chi connectivity index (χ3v) is 5.40. The van der Waals surface area contributed by atoms with Crippen molar-refractivity contribution in [1.29, 1.82) is 0 Å². The lowest BCUT2D eigenvalue weighted by Crippen LogP contribution is -2.42. The van der Waals surface area contributed by atoms with Crippen LogP contribution >= 0.6 is 0 Å². The molecule has 9 nitrogen and oxygen atoms in total. The maximum atomic E-state index is 12.8. The molecule has 0 fully saturated rings. The second-order valence-electron chi connectivity index (χ2n) is 9.48. The fraction of sp³-hybridized carbons (Fsp3) is 0.591. The van der Waals surface area contributed by atoms with Crippen molar-refractivity contribution in [2.75, 3.05) is 7.11 Å². The molecule has 0 saturated heterocycles. The third kappa shape index (κ3) is 4.40. The second kappa shape index (κ2) is 7.94. The highest BCUT2D eigenvalue weighted by molar-refractivity contribution is 5.86. The lowest BCUT2D eigenvalue weighted by atomic mass is 9.96. The first-order valence-corrected chi connectivity index (χ1v) is 10.4. The highest BCUT2D eigenvalue weighted by atomic mass is 16.5. The topological polar surface area (TPSA) is 108 Å². The molecule has 0 atom stereocenters. The number of nitrogens with zero attached hydrogens (tertiary/aromatic N) is 5. The Morgan fingerprint density at radius 2 is 1.84 bits per heavy atom. The summed E-state index contributed by atoms with van der Waals surface area (Å²) in [7, 11) is 3.44. The number of nitrogens with one attached hydrogen (secondary N) is 1. The molecule has 0 bridgehead atoms. The average Bonchev–Trinajstić information content (AvgIpc) is 3.27. The van der Waals surface area contributed by atoms with Crippen LogP contribution in [0.2, 0.25) is 0 Å². The van der Waals surface area contributed by atoms with Crippen LogP contribution in [0.25, 0.3) is 11.0 Å². The van der Waals surface area contributed by atoms with E-state index in [0.29, 0.717) is 30.4 Å². The monoisotopic (exact) mass is 428 g/mol. The standard InChI is InChI=1S/C22H32N6O3/c1-12-14(13(2)23-17-16(12)18(30-9)26-28(17)8)10-11-15(29)25-22(6,7)19-24-20(31-27-19)21(3,4)5/h10-11H2,1-9H3,(H,25,29). The zero-order valence-electron chi connectivity index (χ0n) is 19.9. The summed E-state index contributed by atoms with van der Waals surface area (Å²) in [5.41, 5.74) is 2.72. The van der Waals surface area contributed by atoms with Crippen molar-refractivity contribution in [3.05, 3.63) is 28.5 Å². The van der Waals surface area contributed by atoms with Crippen LogP contribution < -0.4 is 10.1 Å². The summed E-state index contributed by atoms with van der Waals surface area (Å²) in [4.78, 5) is 21.9. The van der Waals surface area contributed by atoms with E-state index >= 15 is 0 Å². The number of carbonyl (C=O) groups excluding carboxylic acids is 1. The number of pyridine rings is 1. The van der Waals surface area contributed by atoms with Gasteiger partial charge in [-0.25, -0.2) is 9.67 Å². The summed E-state index contributed by atoms with van der Waals surface area (Å²) < 4.78 is 12.5. The van der Waals surface area contributed by atoms with Crippen LogP contribution in [0.5, 0.6) is 5.88 Å². The van der Waals surface area contributed by atoms with Gasteiger partial charge in [0.25, 0.3) is 0 Å². The van der Waals surface area contributed by atoms with Gasteiger partial charge in [-0.3, -0.25) is 4.79 Å². The lowest BCUT2D eigenvalue weighted by Gasteiger charge is -2.22. The molecule has 1 N–H and O–H groups in total. The molecule has 3 aromatic heterocycles. The van der Waals surface area contributed by atoms with E-state index in [-0.39, 0.29) is 11.3 Å². The van der Waals surface area contributed by atoms with E-state index in [0.717, 1.165) is 27.9 Å². The van der Waals surface area contributed by atoms with Crippen LogP contribution in [0.1, 0.15) is 69.6 Å². The Labute approximate surface area is 182 Å². The summed E-state index contributed by atoms with van der Waals surface area (Å²) >= 11 is 0. The maximum absolute atomic E-state index is 12.8. The Bertz CT molecular complexity index is 1120. The minimum absolute atomic E-state index is 0.0934. The van der Waals surface area contributed by atoms with Crippen molar-refractivity contribution in [3.63, 3.8) is 0 Å². The van der Waals surface area contributed by atoms with E-state index in [2.05, 4.69) is 25.5 Å². The number of aryl methyl sites for hydroxylation is 3. The van der Waals surface area contributed by atoms with Gasteiger partial charge in [0.2, 0.25) is 17.7 Å². The van der Waals surface area contributed by atoms with Gasteiger partial charge in [0.05, 0.1) is 18.0 Å². The van der Waals surface area contributed by atoms with Crippen LogP contribution in [0.4, 0.5) is 0 Å². The first kappa shape index (κ1) is 22.7. The van der Waals surface area contributed by atoms with Gasteiger partial charge in [0, 0.05) is 24.6 Å². The molecule has 168 valence electrons. The molecule has 0 saturated carbocycles. The van der Waals surface area contributed by atoms with Gasteiger partial charge < -0.3 is 14.6 Å². The molecule has 0 radical (unpaired) electrons. The molecule has 0 spiro atoms. The molecule has 0 unspecified atom stereocenters. The number of carbonyl (C=O) groups is 1. The summed E-state index contributed by atoms with van der Waals surface area (Å²) in [6, 6.07) is 0. The molecular formula is C22H32N6O3. The fourth-order valence-corrected chi connectivity index (χ4v) is 3.59. The number of hydrogen-bond acceptors (Lipinski definition) is 7. The molecule has 0 aliphatic heterocycles. The first-order chi connectivity index (χ1) is 14.3. The third-order valence-electron chi connectivity index (χ3n) is 5.40. The van der Waals surface area contributed by atoms with Crippen LogP contribution in [0.3, 0.4) is 0 Å². The molecule has 0 aliphatic rings. The van der Waals surface area contributed by atoms with E-state index in [4.69, 9.17) is 9.26 Å². The largest absolute Gasteiger partial charge is 0.479 e. The smallest absolute Gasteiger partial charge is 0.242 e. The summed E-state index contributed by atoms with van der Waals surface area (Å²) in [6.45, 7) is 13.7. The Morgan fingerprint density at radius 3 is 2.42 bits per heavy atom. The Hall–Kier alpha value is -2.97. The number of hydrogen-bond donors (Lipinski definition) is 1. The summed E-state index contributed by atoms with van der Waals surface area (Å²) in [5, 5.41) is 12.4. The van der Waals surface area contributed by atoms with E-state index in [9.17, 15) is 4.79 Å². The Morgan fingerprint density at radius 1 is 1.16 bits per heavy atom. The van der Waals surface area contributed by atoms with Crippen molar-refractivity contribution in [2.45, 2.75) is 72.3 Å². The van der Waals surface area contributed by atoms with Crippen LogP contribution in [-0.2, 0) is 29.2 Å². The quantitative estimate of drug-likeness (QED) is 0.642. The minimum atomic E-state index is -0.747. The fourth-order valence-electron chi connectivity index (χ4n) is 3.59. The Balaban J connectivity index is 1.76. The molecule has 9 heteroatoms. The molecule has 0 aliphatic carbocycles. The molecule has 1 amide bonds. The SMILES string of the molecule is COc1nn(C)c2nc(C)c(CCC(=O)NC(C)(C)c3noc(C(C)(C)C)n3)c(C)c12. The van der Waals surface area contributed by atoms with Crippen LogP contribution in [0.15, 0.2) is 4.52 Å². The van der Waals surface area contributed by atoms with Gasteiger partial charge in [-0.2, -0.15) is 4.98 Å². The summed E-state index contributed by atoms with van der Waals surface area (Å²) in [5.74, 6) is 1.45. The number of fused-ring (bicyclic) bond motifs is 1. The van der Waals surface area contributed by atoms with Gasteiger partial charge in [-0.05, 0) is 45.2 Å². The van der Waals surface area contributed by atoms with Gasteiger partial charge in [-0.15, -0.1) is 5.10 Å². The number of rotatable bonds is 6. The predicted octanol–water partition coefficient (Wildman–Crippen LogP) is 3.26. The van der Waals surface area contributed by atoms with Gasteiger partial charge in [0.1, 0.15) is 0 Å².